The molecule has 0 fully saturated rings. The predicted octanol–water partition coefficient (Wildman–Crippen LogP) is 4.71. The summed E-state index contributed by atoms with van der Waals surface area (Å²) in [6.45, 7) is 6.33. The molecule has 0 spiro atoms. The fourth-order valence-corrected chi connectivity index (χ4v) is 2.17. The molecule has 0 aliphatic carbocycles. The fraction of sp³-hybridized carbons (Fsp3) is 0.571. The Morgan fingerprint density at radius 1 is 1.35 bits per heavy atom. The molecule has 1 unspecified atom stereocenters. The molecule has 1 rings (SSSR count). The van der Waals surface area contributed by atoms with E-state index in [4.69, 9.17) is 11.6 Å². The van der Waals surface area contributed by atoms with Crippen LogP contribution in [0.25, 0.3) is 0 Å². The highest BCUT2D eigenvalue weighted by Crippen LogP contribution is 2.27. The van der Waals surface area contributed by atoms with Crippen LogP contribution in [0.2, 0.25) is 5.02 Å². The SMILES string of the molecule is CCCCC(NC(C)C)c1cc(F)ccc1Cl. The lowest BCUT2D eigenvalue weighted by Gasteiger charge is -2.22. The lowest BCUT2D eigenvalue weighted by atomic mass is 10.00. The Hall–Kier alpha value is -0.600. The quantitative estimate of drug-likeness (QED) is 0.778. The molecule has 1 aromatic carbocycles. The summed E-state index contributed by atoms with van der Waals surface area (Å²) in [6, 6.07) is 5.07. The van der Waals surface area contributed by atoms with Gasteiger partial charge in [-0.25, -0.2) is 4.39 Å². The van der Waals surface area contributed by atoms with E-state index < -0.39 is 0 Å². The van der Waals surface area contributed by atoms with E-state index in [0.29, 0.717) is 11.1 Å². The maximum absolute atomic E-state index is 13.3. The first-order valence-electron chi connectivity index (χ1n) is 6.25. The first-order chi connectivity index (χ1) is 8.04. The lowest BCUT2D eigenvalue weighted by molar-refractivity contribution is 0.438. The predicted molar refractivity (Wildman–Crippen MR) is 71.9 cm³/mol. The van der Waals surface area contributed by atoms with E-state index in [-0.39, 0.29) is 11.9 Å². The lowest BCUT2D eigenvalue weighted by Crippen LogP contribution is -2.28. The van der Waals surface area contributed by atoms with Crippen LogP contribution < -0.4 is 5.32 Å². The average Bonchev–Trinajstić information content (AvgIpc) is 2.27. The molecule has 3 heteroatoms. The molecule has 0 aliphatic rings. The minimum atomic E-state index is -0.226. The van der Waals surface area contributed by atoms with E-state index >= 15 is 0 Å². The van der Waals surface area contributed by atoms with Gasteiger partial charge in [0.05, 0.1) is 0 Å². The van der Waals surface area contributed by atoms with Crippen LogP contribution in [0.5, 0.6) is 0 Å². The second-order valence-corrected chi connectivity index (χ2v) is 5.09. The van der Waals surface area contributed by atoms with E-state index in [1.165, 1.54) is 12.1 Å². The van der Waals surface area contributed by atoms with Crippen LogP contribution in [0.1, 0.15) is 51.6 Å². The Bertz CT molecular complexity index is 352. The van der Waals surface area contributed by atoms with Gasteiger partial charge in [0.15, 0.2) is 0 Å². The number of hydrogen-bond donors (Lipinski definition) is 1. The van der Waals surface area contributed by atoms with Crippen LogP contribution in [0.15, 0.2) is 18.2 Å². The average molecular weight is 258 g/mol. The Morgan fingerprint density at radius 2 is 2.06 bits per heavy atom. The molecule has 0 amide bonds. The van der Waals surface area contributed by atoms with Gasteiger partial charge in [0.2, 0.25) is 0 Å². The molecule has 0 aromatic heterocycles. The normalized spacial score (nSPS) is 13.1. The number of rotatable bonds is 6. The second-order valence-electron chi connectivity index (χ2n) is 4.68. The molecule has 1 N–H and O–H groups in total. The maximum atomic E-state index is 13.3. The topological polar surface area (TPSA) is 12.0 Å². The summed E-state index contributed by atoms with van der Waals surface area (Å²) in [7, 11) is 0. The first kappa shape index (κ1) is 14.5. The molecule has 17 heavy (non-hydrogen) atoms. The van der Waals surface area contributed by atoms with Gasteiger partial charge in [0, 0.05) is 17.1 Å². The summed E-state index contributed by atoms with van der Waals surface area (Å²) in [5.74, 6) is -0.226. The van der Waals surface area contributed by atoms with Gasteiger partial charge in [0.25, 0.3) is 0 Å². The van der Waals surface area contributed by atoms with Crippen molar-refractivity contribution in [2.45, 2.75) is 52.1 Å². The minimum absolute atomic E-state index is 0.137. The maximum Gasteiger partial charge on any atom is 0.123 e. The number of benzene rings is 1. The highest BCUT2D eigenvalue weighted by Gasteiger charge is 2.15. The molecular weight excluding hydrogens is 237 g/mol. The van der Waals surface area contributed by atoms with Gasteiger partial charge in [-0.15, -0.1) is 0 Å². The van der Waals surface area contributed by atoms with Gasteiger partial charge in [0.1, 0.15) is 5.82 Å². The summed E-state index contributed by atoms with van der Waals surface area (Å²) in [5.41, 5.74) is 0.869. The summed E-state index contributed by atoms with van der Waals surface area (Å²) in [4.78, 5) is 0. The van der Waals surface area contributed by atoms with Crippen LogP contribution in [0.4, 0.5) is 4.39 Å². The van der Waals surface area contributed by atoms with E-state index in [9.17, 15) is 4.39 Å². The summed E-state index contributed by atoms with van der Waals surface area (Å²) in [5, 5.41) is 4.09. The minimum Gasteiger partial charge on any atom is -0.308 e. The van der Waals surface area contributed by atoms with Crippen molar-refractivity contribution in [1.29, 1.82) is 0 Å². The van der Waals surface area contributed by atoms with Crippen molar-refractivity contribution in [1.82, 2.24) is 5.32 Å². The van der Waals surface area contributed by atoms with Crippen molar-refractivity contribution in [3.63, 3.8) is 0 Å². The van der Waals surface area contributed by atoms with Gasteiger partial charge < -0.3 is 5.32 Å². The summed E-state index contributed by atoms with van der Waals surface area (Å²) >= 11 is 6.15. The van der Waals surface area contributed by atoms with Crippen molar-refractivity contribution in [3.05, 3.63) is 34.6 Å². The standard InChI is InChI=1S/C14H21ClFN/c1-4-5-6-14(17-10(2)3)12-9-11(16)7-8-13(12)15/h7-10,14,17H,4-6H2,1-3H3. The van der Waals surface area contributed by atoms with Crippen LogP contribution in [-0.2, 0) is 0 Å². The molecule has 1 nitrogen and oxygen atoms in total. The van der Waals surface area contributed by atoms with E-state index in [1.807, 2.05) is 0 Å². The highest BCUT2D eigenvalue weighted by molar-refractivity contribution is 6.31. The zero-order valence-electron chi connectivity index (χ0n) is 10.8. The molecule has 0 bridgehead atoms. The van der Waals surface area contributed by atoms with Crippen molar-refractivity contribution in [3.8, 4) is 0 Å². The number of hydrogen-bond acceptors (Lipinski definition) is 1. The molecule has 1 aromatic rings. The molecule has 0 saturated heterocycles. The summed E-state index contributed by atoms with van der Waals surface area (Å²) < 4.78 is 13.3. The third-order valence-electron chi connectivity index (χ3n) is 2.71. The molecule has 0 heterocycles. The number of nitrogens with one attached hydrogen (secondary N) is 1. The zero-order chi connectivity index (χ0) is 12.8. The molecule has 1 atom stereocenters. The molecular formula is C14H21ClFN. The van der Waals surface area contributed by atoms with Crippen LogP contribution >= 0.6 is 11.6 Å². The smallest absolute Gasteiger partial charge is 0.123 e. The van der Waals surface area contributed by atoms with Crippen LogP contribution in [-0.4, -0.2) is 6.04 Å². The van der Waals surface area contributed by atoms with Crippen molar-refractivity contribution in [2.24, 2.45) is 0 Å². The van der Waals surface area contributed by atoms with Gasteiger partial charge in [-0.3, -0.25) is 0 Å². The van der Waals surface area contributed by atoms with E-state index in [2.05, 4.69) is 26.1 Å². The fourth-order valence-electron chi connectivity index (χ4n) is 1.92. The number of unbranched alkanes of at least 4 members (excludes halogenated alkanes) is 1. The first-order valence-corrected chi connectivity index (χ1v) is 6.63. The third kappa shape index (κ3) is 4.64. The third-order valence-corrected chi connectivity index (χ3v) is 3.06. The molecule has 96 valence electrons. The number of halogens is 2. The molecule has 0 aliphatic heterocycles. The summed E-state index contributed by atoms with van der Waals surface area (Å²) in [6.07, 6.45) is 3.22. The van der Waals surface area contributed by atoms with Gasteiger partial charge in [-0.05, 0) is 30.2 Å². The molecule has 0 saturated carbocycles. The van der Waals surface area contributed by atoms with Crippen molar-refractivity contribution < 1.29 is 4.39 Å². The van der Waals surface area contributed by atoms with Crippen molar-refractivity contribution >= 4 is 11.6 Å². The Morgan fingerprint density at radius 3 is 2.65 bits per heavy atom. The molecule has 0 radical (unpaired) electrons. The Labute approximate surface area is 108 Å². The second kappa shape index (κ2) is 6.97. The van der Waals surface area contributed by atoms with Crippen molar-refractivity contribution in [2.75, 3.05) is 0 Å². The zero-order valence-corrected chi connectivity index (χ0v) is 11.5. The van der Waals surface area contributed by atoms with E-state index in [1.54, 1.807) is 6.07 Å². The van der Waals surface area contributed by atoms with Gasteiger partial charge in [-0.1, -0.05) is 45.2 Å². The van der Waals surface area contributed by atoms with Gasteiger partial charge >= 0.3 is 0 Å². The van der Waals surface area contributed by atoms with E-state index in [0.717, 1.165) is 24.8 Å². The van der Waals surface area contributed by atoms with Gasteiger partial charge in [-0.2, -0.15) is 0 Å². The van der Waals surface area contributed by atoms with Crippen LogP contribution in [0.3, 0.4) is 0 Å². The Kier molecular flexibility index (Phi) is 5.93. The highest BCUT2D eigenvalue weighted by atomic mass is 35.5. The monoisotopic (exact) mass is 257 g/mol. The van der Waals surface area contributed by atoms with Crippen LogP contribution in [0, 0.1) is 5.82 Å². The largest absolute Gasteiger partial charge is 0.308 e. The Balaban J connectivity index is 2.90.